The lowest BCUT2D eigenvalue weighted by Gasteiger charge is -2.33. The molecule has 5 nitrogen and oxygen atoms in total. The molecule has 5 heteroatoms. The van der Waals surface area contributed by atoms with Gasteiger partial charge in [-0.1, -0.05) is 6.07 Å². The molecule has 1 fully saturated rings. The predicted molar refractivity (Wildman–Crippen MR) is 62.2 cm³/mol. The number of β-amino-alcohol motifs (C(OH)–C–C–N with tert-alkyl or cyclic N) is 1. The number of piperidine rings is 1. The zero-order chi connectivity index (χ0) is 12.5. The summed E-state index contributed by atoms with van der Waals surface area (Å²) in [5.74, 6) is -1.25. The van der Waals surface area contributed by atoms with Crippen LogP contribution in [-0.4, -0.2) is 39.1 Å². The van der Waals surface area contributed by atoms with E-state index in [1.807, 2.05) is 0 Å². The summed E-state index contributed by atoms with van der Waals surface area (Å²) in [5.41, 5.74) is -0.467. The van der Waals surface area contributed by atoms with E-state index < -0.39 is 11.4 Å². The normalized spacial score (nSPS) is 24.8. The van der Waals surface area contributed by atoms with Crippen LogP contribution < -0.4 is 5.32 Å². The van der Waals surface area contributed by atoms with Gasteiger partial charge in [-0.25, -0.2) is 0 Å². The van der Waals surface area contributed by atoms with Gasteiger partial charge in [0.1, 0.15) is 0 Å². The molecule has 1 atom stereocenters. The van der Waals surface area contributed by atoms with Crippen molar-refractivity contribution in [2.24, 2.45) is 0 Å². The lowest BCUT2D eigenvalue weighted by Crippen LogP contribution is -2.47. The third kappa shape index (κ3) is 2.45. The molecule has 1 aromatic rings. The number of hydrogen-bond acceptors (Lipinski definition) is 5. The Labute approximate surface area is 99.3 Å². The van der Waals surface area contributed by atoms with E-state index in [4.69, 9.17) is 0 Å². The maximum Gasteiger partial charge on any atom is 0.200 e. The third-order valence-electron chi connectivity index (χ3n) is 3.18. The van der Waals surface area contributed by atoms with Crippen molar-refractivity contribution in [3.8, 4) is 17.2 Å². The van der Waals surface area contributed by atoms with E-state index in [0.717, 1.165) is 13.0 Å². The van der Waals surface area contributed by atoms with Crippen molar-refractivity contribution in [1.82, 2.24) is 5.32 Å². The summed E-state index contributed by atoms with van der Waals surface area (Å²) in [4.78, 5) is 0. The van der Waals surface area contributed by atoms with E-state index in [9.17, 15) is 20.4 Å². The number of phenols is 3. The van der Waals surface area contributed by atoms with Gasteiger partial charge in [0.2, 0.25) is 5.75 Å². The maximum atomic E-state index is 10.3. The first kappa shape index (κ1) is 12.0. The van der Waals surface area contributed by atoms with Gasteiger partial charge in [0.05, 0.1) is 5.60 Å². The smallest absolute Gasteiger partial charge is 0.200 e. The highest BCUT2D eigenvalue weighted by Crippen LogP contribution is 2.38. The Morgan fingerprint density at radius 2 is 1.94 bits per heavy atom. The molecule has 1 aliphatic rings. The van der Waals surface area contributed by atoms with E-state index in [-0.39, 0.29) is 17.9 Å². The average molecular weight is 239 g/mol. The lowest BCUT2D eigenvalue weighted by atomic mass is 9.87. The zero-order valence-electron chi connectivity index (χ0n) is 9.48. The molecule has 2 rings (SSSR count). The number of aliphatic hydroxyl groups is 1. The number of phenolic OH excluding ortho intramolecular Hbond substituents is 3. The van der Waals surface area contributed by atoms with Gasteiger partial charge in [0.15, 0.2) is 11.5 Å². The number of nitrogens with one attached hydrogen (secondary N) is 1. The highest BCUT2D eigenvalue weighted by molar-refractivity contribution is 5.53. The van der Waals surface area contributed by atoms with Gasteiger partial charge in [-0.3, -0.25) is 0 Å². The standard InChI is InChI=1S/C12H17NO4/c14-9-3-2-8(10(15)11(9)16)6-12(17)4-1-5-13-7-12/h2-3,13-17H,1,4-7H2. The average Bonchev–Trinajstić information content (AvgIpc) is 2.31. The van der Waals surface area contributed by atoms with Crippen LogP contribution in [-0.2, 0) is 6.42 Å². The number of rotatable bonds is 2. The molecule has 0 radical (unpaired) electrons. The van der Waals surface area contributed by atoms with Crippen molar-refractivity contribution < 1.29 is 20.4 Å². The van der Waals surface area contributed by atoms with Crippen molar-refractivity contribution in [3.63, 3.8) is 0 Å². The molecule has 1 aliphatic heterocycles. The van der Waals surface area contributed by atoms with Crippen LogP contribution in [0.1, 0.15) is 18.4 Å². The predicted octanol–water partition coefficient (Wildman–Crippen LogP) is 0.460. The highest BCUT2D eigenvalue weighted by Gasteiger charge is 2.30. The molecule has 0 spiro atoms. The van der Waals surface area contributed by atoms with Crippen LogP contribution >= 0.6 is 0 Å². The first-order valence-corrected chi connectivity index (χ1v) is 5.68. The quantitative estimate of drug-likeness (QED) is 0.483. The van der Waals surface area contributed by atoms with E-state index in [1.54, 1.807) is 0 Å². The molecule has 1 unspecified atom stereocenters. The van der Waals surface area contributed by atoms with Gasteiger partial charge in [-0.05, 0) is 25.5 Å². The van der Waals surface area contributed by atoms with Gasteiger partial charge in [-0.2, -0.15) is 0 Å². The SMILES string of the molecule is Oc1ccc(CC2(O)CCCNC2)c(O)c1O. The van der Waals surface area contributed by atoms with Crippen LogP contribution in [0.3, 0.4) is 0 Å². The molecular formula is C12H17NO4. The summed E-state index contributed by atoms with van der Waals surface area (Å²) >= 11 is 0. The molecule has 94 valence electrons. The van der Waals surface area contributed by atoms with Crippen LogP contribution in [0.2, 0.25) is 0 Å². The van der Waals surface area contributed by atoms with E-state index >= 15 is 0 Å². The summed E-state index contributed by atoms with van der Waals surface area (Å²) in [6, 6.07) is 2.82. The van der Waals surface area contributed by atoms with Crippen molar-refractivity contribution >= 4 is 0 Å². The van der Waals surface area contributed by atoms with Crippen molar-refractivity contribution in [2.45, 2.75) is 24.9 Å². The highest BCUT2D eigenvalue weighted by atomic mass is 16.3. The lowest BCUT2D eigenvalue weighted by molar-refractivity contribution is 0.0164. The molecule has 0 saturated carbocycles. The first-order chi connectivity index (χ1) is 8.02. The van der Waals surface area contributed by atoms with Gasteiger partial charge in [0, 0.05) is 18.5 Å². The summed E-state index contributed by atoms with van der Waals surface area (Å²) in [7, 11) is 0. The Hall–Kier alpha value is -1.46. The minimum atomic E-state index is -0.904. The largest absolute Gasteiger partial charge is 0.504 e. The topological polar surface area (TPSA) is 93.0 Å². The fourth-order valence-corrected chi connectivity index (χ4v) is 2.21. The van der Waals surface area contributed by atoms with E-state index in [1.165, 1.54) is 12.1 Å². The Bertz CT molecular complexity index is 413. The molecule has 1 aromatic carbocycles. The van der Waals surface area contributed by atoms with Crippen LogP contribution in [0.4, 0.5) is 0 Å². The second kappa shape index (κ2) is 4.43. The van der Waals surface area contributed by atoms with Gasteiger partial charge in [-0.15, -0.1) is 0 Å². The summed E-state index contributed by atoms with van der Waals surface area (Å²) < 4.78 is 0. The number of aromatic hydroxyl groups is 3. The number of benzene rings is 1. The monoisotopic (exact) mass is 239 g/mol. The van der Waals surface area contributed by atoms with Crippen LogP contribution in [0.25, 0.3) is 0 Å². The fourth-order valence-electron chi connectivity index (χ4n) is 2.21. The second-order valence-electron chi connectivity index (χ2n) is 4.62. The van der Waals surface area contributed by atoms with Crippen LogP contribution in [0, 0.1) is 0 Å². The van der Waals surface area contributed by atoms with E-state index in [2.05, 4.69) is 5.32 Å². The fraction of sp³-hybridized carbons (Fsp3) is 0.500. The number of hydrogen-bond donors (Lipinski definition) is 5. The first-order valence-electron chi connectivity index (χ1n) is 5.68. The van der Waals surface area contributed by atoms with Crippen molar-refractivity contribution in [3.05, 3.63) is 17.7 Å². The molecule has 0 aliphatic carbocycles. The Balaban J connectivity index is 2.21. The molecule has 1 saturated heterocycles. The molecule has 17 heavy (non-hydrogen) atoms. The maximum absolute atomic E-state index is 10.3. The zero-order valence-corrected chi connectivity index (χ0v) is 9.48. The molecule has 0 bridgehead atoms. The van der Waals surface area contributed by atoms with E-state index in [0.29, 0.717) is 18.5 Å². The minimum Gasteiger partial charge on any atom is -0.504 e. The second-order valence-corrected chi connectivity index (χ2v) is 4.62. The molecule has 1 heterocycles. The van der Waals surface area contributed by atoms with Gasteiger partial charge < -0.3 is 25.7 Å². The third-order valence-corrected chi connectivity index (χ3v) is 3.18. The summed E-state index contributed by atoms with van der Waals surface area (Å²) in [6.07, 6.45) is 1.78. The molecule has 0 aromatic heterocycles. The Kier molecular flexibility index (Phi) is 3.13. The molecule has 5 N–H and O–H groups in total. The van der Waals surface area contributed by atoms with Gasteiger partial charge >= 0.3 is 0 Å². The Morgan fingerprint density at radius 1 is 1.18 bits per heavy atom. The Morgan fingerprint density at radius 3 is 2.59 bits per heavy atom. The molecular weight excluding hydrogens is 222 g/mol. The van der Waals surface area contributed by atoms with Crippen LogP contribution in [0.5, 0.6) is 17.2 Å². The van der Waals surface area contributed by atoms with Crippen molar-refractivity contribution in [2.75, 3.05) is 13.1 Å². The molecule has 0 amide bonds. The van der Waals surface area contributed by atoms with Crippen molar-refractivity contribution in [1.29, 1.82) is 0 Å². The summed E-state index contributed by atoms with van der Waals surface area (Å²) in [6.45, 7) is 1.35. The minimum absolute atomic E-state index is 0.250. The summed E-state index contributed by atoms with van der Waals surface area (Å²) in [5, 5.41) is 41.7. The van der Waals surface area contributed by atoms with Crippen LogP contribution in [0.15, 0.2) is 12.1 Å². The van der Waals surface area contributed by atoms with Gasteiger partial charge in [0.25, 0.3) is 0 Å².